The highest BCUT2D eigenvalue weighted by atomic mass is 35.5. The number of thiazole rings is 1. The number of aliphatic imine (C=N–C) groups is 1. The lowest BCUT2D eigenvalue weighted by atomic mass is 9.95. The smallest absolute Gasteiger partial charge is 0.338 e. The Labute approximate surface area is 216 Å². The minimum atomic E-state index is -0.791. The Morgan fingerprint density at radius 2 is 2.20 bits per heavy atom. The van der Waals surface area contributed by atoms with Crippen molar-refractivity contribution in [3.05, 3.63) is 62.5 Å². The molecule has 1 saturated heterocycles. The van der Waals surface area contributed by atoms with Crippen LogP contribution in [-0.2, 0) is 14.3 Å². The molecule has 0 aliphatic carbocycles. The van der Waals surface area contributed by atoms with Crippen LogP contribution in [0.5, 0.6) is 0 Å². The Morgan fingerprint density at radius 1 is 1.37 bits per heavy atom. The molecule has 3 heterocycles. The number of methoxy groups -OCH3 is 1. The topological polar surface area (TPSA) is 83.9 Å². The normalized spacial score (nSPS) is 20.9. The zero-order valence-corrected chi connectivity index (χ0v) is 21.8. The summed E-state index contributed by atoms with van der Waals surface area (Å²) >= 11 is 9.70. The van der Waals surface area contributed by atoms with E-state index in [1.165, 1.54) is 30.6 Å². The third-order valence-corrected chi connectivity index (χ3v) is 8.16. The molecule has 4 rings (SSSR count). The number of carbonyl (C=O) groups is 2. The predicted molar refractivity (Wildman–Crippen MR) is 138 cm³/mol. The maximum Gasteiger partial charge on any atom is 0.338 e. The zero-order chi connectivity index (χ0) is 24.9. The van der Waals surface area contributed by atoms with Crippen LogP contribution < -0.4 is 5.32 Å². The molecule has 0 bridgehead atoms. The van der Waals surface area contributed by atoms with Crippen LogP contribution in [0.15, 0.2) is 46.0 Å². The quantitative estimate of drug-likeness (QED) is 0.505. The lowest BCUT2D eigenvalue weighted by Gasteiger charge is -2.37. The van der Waals surface area contributed by atoms with Crippen LogP contribution >= 0.6 is 34.7 Å². The van der Waals surface area contributed by atoms with Crippen molar-refractivity contribution >= 4 is 52.3 Å². The average Bonchev–Trinajstić information content (AvgIpc) is 3.38. The van der Waals surface area contributed by atoms with Crippen molar-refractivity contribution in [2.24, 2.45) is 4.99 Å². The van der Waals surface area contributed by atoms with Gasteiger partial charge in [-0.25, -0.2) is 14.2 Å². The van der Waals surface area contributed by atoms with Gasteiger partial charge in [0.15, 0.2) is 10.8 Å². The molecule has 0 spiro atoms. The van der Waals surface area contributed by atoms with Crippen LogP contribution in [-0.4, -0.2) is 65.2 Å². The number of hydrogen-bond donors (Lipinski definition) is 1. The highest BCUT2D eigenvalue weighted by Gasteiger charge is 2.35. The largest absolute Gasteiger partial charge is 0.466 e. The zero-order valence-electron chi connectivity index (χ0n) is 19.4. The summed E-state index contributed by atoms with van der Waals surface area (Å²) in [4.78, 5) is 36.2. The lowest BCUT2D eigenvalue weighted by molar-refractivity contribution is -0.136. The summed E-state index contributed by atoms with van der Waals surface area (Å²) in [6.45, 7) is 2.86. The van der Waals surface area contributed by atoms with Crippen LogP contribution in [0.1, 0.15) is 36.4 Å². The van der Waals surface area contributed by atoms with Gasteiger partial charge in [-0.2, -0.15) is 11.8 Å². The van der Waals surface area contributed by atoms with Crippen molar-refractivity contribution in [3.63, 3.8) is 0 Å². The van der Waals surface area contributed by atoms with E-state index in [1.807, 2.05) is 17.1 Å². The van der Waals surface area contributed by atoms with Crippen molar-refractivity contribution in [3.8, 4) is 0 Å². The Balaban J connectivity index is 1.76. The van der Waals surface area contributed by atoms with Gasteiger partial charge in [-0.15, -0.1) is 11.3 Å². The van der Waals surface area contributed by atoms with E-state index in [1.54, 1.807) is 19.2 Å². The summed E-state index contributed by atoms with van der Waals surface area (Å²) < 4.78 is 19.0. The van der Waals surface area contributed by atoms with E-state index >= 15 is 0 Å². The van der Waals surface area contributed by atoms with E-state index in [-0.39, 0.29) is 16.8 Å². The number of nitrogens with zero attached hydrogens (tertiary/aromatic N) is 3. The minimum Gasteiger partial charge on any atom is -0.466 e. The van der Waals surface area contributed by atoms with Crippen LogP contribution in [0.25, 0.3) is 0 Å². The van der Waals surface area contributed by atoms with Gasteiger partial charge >= 0.3 is 5.97 Å². The molecule has 0 unspecified atom stereocenters. The lowest BCUT2D eigenvalue weighted by Crippen LogP contribution is -2.47. The molecule has 2 aromatic rings. The number of halogens is 2. The van der Waals surface area contributed by atoms with Gasteiger partial charge in [-0.1, -0.05) is 17.7 Å². The number of benzene rings is 1. The highest BCUT2D eigenvalue weighted by Crippen LogP contribution is 2.37. The van der Waals surface area contributed by atoms with E-state index < -0.39 is 17.8 Å². The Hall–Kier alpha value is -2.27. The third-order valence-electron chi connectivity index (χ3n) is 5.96. The summed E-state index contributed by atoms with van der Waals surface area (Å²) in [5.41, 5.74) is 1.47. The number of ketones is 1. The van der Waals surface area contributed by atoms with Gasteiger partial charge in [0.1, 0.15) is 17.6 Å². The van der Waals surface area contributed by atoms with Gasteiger partial charge < -0.3 is 14.8 Å². The fraction of sp³-hybridized carbons (Fsp3) is 0.417. The maximum absolute atomic E-state index is 13.8. The molecule has 2 aliphatic rings. The van der Waals surface area contributed by atoms with Crippen molar-refractivity contribution in [1.29, 1.82) is 0 Å². The summed E-state index contributed by atoms with van der Waals surface area (Å²) in [6, 6.07) is 3.47. The molecule has 35 heavy (non-hydrogen) atoms. The van der Waals surface area contributed by atoms with E-state index in [0.29, 0.717) is 40.6 Å². The SMILES string of the molecule is COC(=O)C1=C(CN2CCSC[C@H]2CCC(C)=O)NC(c2nccs2)=N[C@H]1c1ccc(F)cc1Cl. The Kier molecular flexibility index (Phi) is 8.59. The fourth-order valence-corrected chi connectivity index (χ4v) is 6.24. The first-order chi connectivity index (χ1) is 16.9. The molecule has 0 amide bonds. The second kappa shape index (κ2) is 11.6. The van der Waals surface area contributed by atoms with Gasteiger partial charge in [0.05, 0.1) is 12.7 Å². The maximum atomic E-state index is 13.8. The Bertz CT molecular complexity index is 1160. The fourth-order valence-electron chi connectivity index (χ4n) is 4.20. The standard InChI is InChI=1S/C24H26ClFN4O3S2/c1-14(31)3-5-16-13-34-10-8-30(16)12-19-20(24(32)33-2)21(17-6-4-15(26)11-18(17)25)29-22(28-19)23-27-7-9-35-23/h4,6-7,9,11,16,21H,3,5,8,10,12-13H2,1-2H3,(H,28,29)/t16-,21+/m1/s1. The highest BCUT2D eigenvalue weighted by molar-refractivity contribution is 7.99. The van der Waals surface area contributed by atoms with Crippen LogP contribution in [0, 0.1) is 5.82 Å². The van der Waals surface area contributed by atoms with E-state index in [4.69, 9.17) is 21.3 Å². The van der Waals surface area contributed by atoms with Crippen LogP contribution in [0.4, 0.5) is 4.39 Å². The molecule has 1 aromatic heterocycles. The summed E-state index contributed by atoms with van der Waals surface area (Å²) in [7, 11) is 1.32. The molecular formula is C24H26ClFN4O3S2. The molecule has 2 aliphatic heterocycles. The first-order valence-corrected chi connectivity index (χ1v) is 13.6. The van der Waals surface area contributed by atoms with Crippen molar-refractivity contribution in [2.75, 3.05) is 31.7 Å². The second-order valence-electron chi connectivity index (χ2n) is 8.33. The molecule has 2 atom stereocenters. The summed E-state index contributed by atoms with van der Waals surface area (Å²) in [5.74, 6) is 1.54. The first kappa shape index (κ1) is 25.8. The number of carbonyl (C=O) groups excluding carboxylic acids is 2. The number of nitrogens with one attached hydrogen (secondary N) is 1. The monoisotopic (exact) mass is 536 g/mol. The van der Waals surface area contributed by atoms with Gasteiger partial charge in [0.25, 0.3) is 0 Å². The van der Waals surface area contributed by atoms with Crippen LogP contribution in [0.3, 0.4) is 0 Å². The molecule has 0 saturated carbocycles. The van der Waals surface area contributed by atoms with Crippen molar-refractivity contribution < 1.29 is 18.7 Å². The second-order valence-corrected chi connectivity index (χ2v) is 10.8. The number of ether oxygens (including phenoxy) is 1. The van der Waals surface area contributed by atoms with Crippen molar-refractivity contribution in [2.45, 2.75) is 31.8 Å². The summed E-state index contributed by atoms with van der Waals surface area (Å²) in [5, 5.41) is 6.01. The summed E-state index contributed by atoms with van der Waals surface area (Å²) in [6.07, 6.45) is 2.95. The average molecular weight is 537 g/mol. The molecule has 1 N–H and O–H groups in total. The number of esters is 1. The number of thioether (sulfide) groups is 1. The molecule has 7 nitrogen and oxygen atoms in total. The number of hydrogen-bond acceptors (Lipinski definition) is 9. The number of aromatic nitrogens is 1. The molecule has 0 radical (unpaired) electrons. The molecular weight excluding hydrogens is 511 g/mol. The van der Waals surface area contributed by atoms with Crippen molar-refractivity contribution in [1.82, 2.24) is 15.2 Å². The van der Waals surface area contributed by atoms with Gasteiger partial charge in [-0.05, 0) is 25.5 Å². The van der Waals surface area contributed by atoms with Gasteiger partial charge in [0, 0.05) is 64.9 Å². The number of Topliss-reactive ketones (excluding diaryl/α,β-unsaturated/α-hetero) is 1. The first-order valence-electron chi connectivity index (χ1n) is 11.2. The van der Waals surface area contributed by atoms with E-state index in [0.717, 1.165) is 24.5 Å². The number of amidine groups is 1. The molecule has 11 heteroatoms. The molecule has 1 aromatic carbocycles. The van der Waals surface area contributed by atoms with Crippen LogP contribution in [0.2, 0.25) is 5.02 Å². The van der Waals surface area contributed by atoms with E-state index in [2.05, 4.69) is 15.2 Å². The number of rotatable bonds is 8. The van der Waals surface area contributed by atoms with Gasteiger partial charge in [0.2, 0.25) is 0 Å². The van der Waals surface area contributed by atoms with E-state index in [9.17, 15) is 14.0 Å². The minimum absolute atomic E-state index is 0.162. The Morgan fingerprint density at radius 3 is 2.89 bits per heavy atom. The molecule has 1 fully saturated rings. The predicted octanol–water partition coefficient (Wildman–Crippen LogP) is 4.24. The molecule has 186 valence electrons. The third kappa shape index (κ3) is 6.11. The van der Waals surface area contributed by atoms with Gasteiger partial charge in [-0.3, -0.25) is 9.89 Å².